The highest BCUT2D eigenvalue weighted by atomic mass is 16.5. The van der Waals surface area contributed by atoms with Gasteiger partial charge in [0.25, 0.3) is 0 Å². The number of anilines is 4. The number of aromatic nitrogens is 2. The van der Waals surface area contributed by atoms with Crippen LogP contribution in [0.1, 0.15) is 6.42 Å². The number of hydrogen-bond acceptors (Lipinski definition) is 8. The summed E-state index contributed by atoms with van der Waals surface area (Å²) in [5.41, 5.74) is 7.29. The molecule has 0 spiro atoms. The minimum Gasteiger partial charge on any atom is -0.497 e. The maximum absolute atomic E-state index is 6.15. The van der Waals surface area contributed by atoms with Gasteiger partial charge in [-0.3, -0.25) is 0 Å². The van der Waals surface area contributed by atoms with Gasteiger partial charge in [0.05, 0.1) is 19.9 Å². The van der Waals surface area contributed by atoms with Gasteiger partial charge in [0.2, 0.25) is 0 Å². The Morgan fingerprint density at radius 1 is 1.08 bits per heavy atom. The van der Waals surface area contributed by atoms with Crippen molar-refractivity contribution in [1.29, 1.82) is 0 Å². The molecular formula is C16H23N5O3. The van der Waals surface area contributed by atoms with E-state index in [4.69, 9.17) is 19.9 Å². The van der Waals surface area contributed by atoms with Crippen molar-refractivity contribution in [2.75, 3.05) is 50.8 Å². The van der Waals surface area contributed by atoms with Gasteiger partial charge in [0.1, 0.15) is 23.5 Å². The molecule has 1 heterocycles. The first-order chi connectivity index (χ1) is 11.7. The van der Waals surface area contributed by atoms with Crippen LogP contribution in [0.5, 0.6) is 11.5 Å². The van der Waals surface area contributed by atoms with Crippen LogP contribution in [0.4, 0.5) is 23.0 Å². The van der Waals surface area contributed by atoms with Gasteiger partial charge in [-0.1, -0.05) is 0 Å². The molecule has 0 fully saturated rings. The van der Waals surface area contributed by atoms with Crippen molar-refractivity contribution < 1.29 is 14.2 Å². The summed E-state index contributed by atoms with van der Waals surface area (Å²) in [5.74, 6) is 2.42. The summed E-state index contributed by atoms with van der Waals surface area (Å²) in [5, 5.41) is 6.34. The molecule has 4 N–H and O–H groups in total. The van der Waals surface area contributed by atoms with Gasteiger partial charge in [-0.25, -0.2) is 9.97 Å². The molecule has 0 aliphatic rings. The van der Waals surface area contributed by atoms with Gasteiger partial charge >= 0.3 is 0 Å². The molecule has 0 amide bonds. The fourth-order valence-electron chi connectivity index (χ4n) is 2.10. The number of nitrogen functional groups attached to an aromatic ring is 1. The SMILES string of the molecule is COCCCNc1ncnc(Nc2cc(OC)ccc2OC)c1N. The van der Waals surface area contributed by atoms with Crippen molar-refractivity contribution in [3.63, 3.8) is 0 Å². The van der Waals surface area contributed by atoms with E-state index in [-0.39, 0.29) is 0 Å². The molecule has 1 aromatic carbocycles. The zero-order chi connectivity index (χ0) is 17.4. The fraction of sp³-hybridized carbons (Fsp3) is 0.375. The van der Waals surface area contributed by atoms with Gasteiger partial charge in [-0.05, 0) is 18.6 Å². The Labute approximate surface area is 141 Å². The lowest BCUT2D eigenvalue weighted by Gasteiger charge is -2.15. The molecule has 0 aliphatic heterocycles. The topological polar surface area (TPSA) is 104 Å². The average Bonchev–Trinajstić information content (AvgIpc) is 2.61. The molecular weight excluding hydrogens is 310 g/mol. The maximum atomic E-state index is 6.15. The van der Waals surface area contributed by atoms with E-state index < -0.39 is 0 Å². The zero-order valence-electron chi connectivity index (χ0n) is 14.1. The third kappa shape index (κ3) is 4.39. The molecule has 2 aromatic rings. The van der Waals surface area contributed by atoms with Crippen LogP contribution in [0.15, 0.2) is 24.5 Å². The summed E-state index contributed by atoms with van der Waals surface area (Å²) in [6.07, 6.45) is 2.30. The third-order valence-electron chi connectivity index (χ3n) is 3.36. The minimum absolute atomic E-state index is 0.430. The monoisotopic (exact) mass is 333 g/mol. The second kappa shape index (κ2) is 8.78. The maximum Gasteiger partial charge on any atom is 0.159 e. The molecule has 1 aromatic heterocycles. The number of nitrogens with one attached hydrogen (secondary N) is 2. The van der Waals surface area contributed by atoms with Crippen LogP contribution < -0.4 is 25.8 Å². The van der Waals surface area contributed by atoms with Gasteiger partial charge in [-0.15, -0.1) is 0 Å². The van der Waals surface area contributed by atoms with Crippen LogP contribution in [0.2, 0.25) is 0 Å². The summed E-state index contributed by atoms with van der Waals surface area (Å²) in [6, 6.07) is 5.44. The number of nitrogens with two attached hydrogens (primary N) is 1. The molecule has 0 unspecified atom stereocenters. The molecule has 8 heteroatoms. The Bertz CT molecular complexity index is 666. The molecule has 8 nitrogen and oxygen atoms in total. The Balaban J connectivity index is 2.18. The van der Waals surface area contributed by atoms with Gasteiger partial charge < -0.3 is 30.6 Å². The summed E-state index contributed by atoms with van der Waals surface area (Å²) in [7, 11) is 4.87. The van der Waals surface area contributed by atoms with Crippen molar-refractivity contribution in [2.45, 2.75) is 6.42 Å². The predicted octanol–water partition coefficient (Wildman–Crippen LogP) is 2.27. The summed E-state index contributed by atoms with van der Waals surface area (Å²) in [4.78, 5) is 8.37. The molecule has 0 radical (unpaired) electrons. The molecule has 0 saturated carbocycles. The second-order valence-corrected chi connectivity index (χ2v) is 4.95. The highest BCUT2D eigenvalue weighted by molar-refractivity contribution is 5.79. The first-order valence-electron chi connectivity index (χ1n) is 7.52. The lowest BCUT2D eigenvalue weighted by Crippen LogP contribution is -2.10. The number of nitrogens with zero attached hydrogens (tertiary/aromatic N) is 2. The van der Waals surface area contributed by atoms with E-state index in [1.54, 1.807) is 21.3 Å². The fourth-order valence-corrected chi connectivity index (χ4v) is 2.10. The van der Waals surface area contributed by atoms with E-state index in [0.717, 1.165) is 6.42 Å². The number of methoxy groups -OCH3 is 3. The van der Waals surface area contributed by atoms with Gasteiger partial charge in [0.15, 0.2) is 11.6 Å². The lowest BCUT2D eigenvalue weighted by atomic mass is 10.2. The number of rotatable bonds is 9. The van der Waals surface area contributed by atoms with E-state index in [1.807, 2.05) is 18.2 Å². The molecule has 0 atom stereocenters. The summed E-state index contributed by atoms with van der Waals surface area (Å²) in [6.45, 7) is 1.38. The van der Waals surface area contributed by atoms with Crippen LogP contribution >= 0.6 is 0 Å². The Morgan fingerprint density at radius 2 is 1.88 bits per heavy atom. The van der Waals surface area contributed by atoms with Crippen molar-refractivity contribution in [3.8, 4) is 11.5 Å². The summed E-state index contributed by atoms with van der Waals surface area (Å²) >= 11 is 0. The van der Waals surface area contributed by atoms with Crippen molar-refractivity contribution in [2.24, 2.45) is 0 Å². The Kier molecular flexibility index (Phi) is 6.44. The average molecular weight is 333 g/mol. The van der Waals surface area contributed by atoms with Gasteiger partial charge in [0, 0.05) is 26.3 Å². The third-order valence-corrected chi connectivity index (χ3v) is 3.36. The first-order valence-corrected chi connectivity index (χ1v) is 7.52. The minimum atomic E-state index is 0.430. The highest BCUT2D eigenvalue weighted by Crippen LogP contribution is 2.33. The number of hydrogen-bond donors (Lipinski definition) is 3. The molecule has 0 saturated heterocycles. The van der Waals surface area contributed by atoms with Crippen molar-refractivity contribution in [3.05, 3.63) is 24.5 Å². The predicted molar refractivity (Wildman–Crippen MR) is 94.3 cm³/mol. The molecule has 24 heavy (non-hydrogen) atoms. The molecule has 130 valence electrons. The van der Waals surface area contributed by atoms with Crippen LogP contribution in [0.3, 0.4) is 0 Å². The quantitative estimate of drug-likeness (QED) is 0.600. The molecule has 0 aliphatic carbocycles. The van der Waals surface area contributed by atoms with Gasteiger partial charge in [-0.2, -0.15) is 0 Å². The van der Waals surface area contributed by atoms with Crippen LogP contribution in [-0.2, 0) is 4.74 Å². The smallest absolute Gasteiger partial charge is 0.159 e. The van der Waals surface area contributed by atoms with E-state index in [9.17, 15) is 0 Å². The lowest BCUT2D eigenvalue weighted by molar-refractivity contribution is 0.198. The Hall–Kier alpha value is -2.74. The van der Waals surface area contributed by atoms with E-state index in [1.165, 1.54) is 6.33 Å². The van der Waals surface area contributed by atoms with Crippen LogP contribution in [-0.4, -0.2) is 44.4 Å². The van der Waals surface area contributed by atoms with Crippen molar-refractivity contribution >= 4 is 23.0 Å². The zero-order valence-corrected chi connectivity index (χ0v) is 14.1. The summed E-state index contributed by atoms with van der Waals surface area (Å²) < 4.78 is 15.6. The van der Waals surface area contributed by atoms with E-state index in [0.29, 0.717) is 47.7 Å². The standard InChI is InChI=1S/C16H23N5O3/c1-22-8-4-7-18-15-14(17)16(20-10-19-15)21-12-9-11(23-2)5-6-13(12)24-3/h5-6,9-10H,4,7-8,17H2,1-3H3,(H2,18,19,20,21). The highest BCUT2D eigenvalue weighted by Gasteiger charge is 2.11. The second-order valence-electron chi connectivity index (χ2n) is 4.95. The van der Waals surface area contributed by atoms with E-state index >= 15 is 0 Å². The van der Waals surface area contributed by atoms with Crippen molar-refractivity contribution in [1.82, 2.24) is 9.97 Å². The molecule has 2 rings (SSSR count). The Morgan fingerprint density at radius 3 is 2.58 bits per heavy atom. The number of ether oxygens (including phenoxy) is 3. The molecule has 0 bridgehead atoms. The van der Waals surface area contributed by atoms with E-state index in [2.05, 4.69) is 20.6 Å². The normalized spacial score (nSPS) is 10.3. The van der Waals surface area contributed by atoms with Crippen LogP contribution in [0, 0.1) is 0 Å². The van der Waals surface area contributed by atoms with Crippen LogP contribution in [0.25, 0.3) is 0 Å². The first kappa shape index (κ1) is 17.6. The number of benzene rings is 1. The largest absolute Gasteiger partial charge is 0.497 e.